The number of H-pyrrole nitrogens is 1. The smallest absolute Gasteiger partial charge is 0.270 e. The van der Waals surface area contributed by atoms with Crippen molar-refractivity contribution in [1.82, 2.24) is 15.2 Å². The van der Waals surface area contributed by atoms with E-state index in [0.29, 0.717) is 18.3 Å². The summed E-state index contributed by atoms with van der Waals surface area (Å²) in [5.74, 6) is 0.0981. The zero-order chi connectivity index (χ0) is 18.0. The minimum absolute atomic E-state index is 0.0314. The van der Waals surface area contributed by atoms with Gasteiger partial charge in [-0.05, 0) is 57.6 Å². The summed E-state index contributed by atoms with van der Waals surface area (Å²) in [6, 6.07) is 0.336. The van der Waals surface area contributed by atoms with Crippen LogP contribution in [0.5, 0.6) is 0 Å². The van der Waals surface area contributed by atoms with Crippen molar-refractivity contribution in [2.75, 3.05) is 13.1 Å². The number of carbonyl (C=O) groups is 2. The summed E-state index contributed by atoms with van der Waals surface area (Å²) < 4.78 is 0. The molecule has 138 valence electrons. The number of aromatic amines is 1. The standard InChI is InChI=1S/C20H31N3O2/c1-13-14(2)18(21-15(13)3)20(25)23-11-7-8-16(12-23)19(24)22-17-9-5-4-6-10-17/h16-17,21H,4-12H2,1-3H3,(H,22,24)/t16-/m1/s1. The van der Waals surface area contributed by atoms with Crippen LogP contribution in [0.3, 0.4) is 0 Å². The van der Waals surface area contributed by atoms with E-state index in [-0.39, 0.29) is 17.7 Å². The Morgan fingerprint density at radius 2 is 1.72 bits per heavy atom. The Morgan fingerprint density at radius 1 is 1.00 bits per heavy atom. The molecule has 2 fully saturated rings. The average Bonchev–Trinajstić information content (AvgIpc) is 2.89. The van der Waals surface area contributed by atoms with Gasteiger partial charge in [-0.2, -0.15) is 0 Å². The number of amides is 2. The molecule has 1 aliphatic heterocycles. The monoisotopic (exact) mass is 345 g/mol. The van der Waals surface area contributed by atoms with E-state index < -0.39 is 0 Å². The van der Waals surface area contributed by atoms with Gasteiger partial charge in [0.2, 0.25) is 5.91 Å². The van der Waals surface area contributed by atoms with Gasteiger partial charge in [-0.25, -0.2) is 0 Å². The third-order valence-corrected chi connectivity index (χ3v) is 6.06. The molecule has 5 nitrogen and oxygen atoms in total. The average molecular weight is 345 g/mol. The van der Waals surface area contributed by atoms with Crippen molar-refractivity contribution in [3.63, 3.8) is 0 Å². The van der Waals surface area contributed by atoms with Crippen LogP contribution in [0.15, 0.2) is 0 Å². The predicted octanol–water partition coefficient (Wildman–Crippen LogP) is 3.24. The highest BCUT2D eigenvalue weighted by atomic mass is 16.2. The van der Waals surface area contributed by atoms with E-state index in [4.69, 9.17) is 0 Å². The van der Waals surface area contributed by atoms with Crippen molar-refractivity contribution in [3.05, 3.63) is 22.5 Å². The predicted molar refractivity (Wildman–Crippen MR) is 98.6 cm³/mol. The van der Waals surface area contributed by atoms with Crippen LogP contribution in [0.4, 0.5) is 0 Å². The Morgan fingerprint density at radius 3 is 2.36 bits per heavy atom. The van der Waals surface area contributed by atoms with Crippen LogP contribution < -0.4 is 5.32 Å². The molecule has 2 N–H and O–H groups in total. The van der Waals surface area contributed by atoms with Gasteiger partial charge in [0.15, 0.2) is 0 Å². The molecule has 1 saturated heterocycles. The third kappa shape index (κ3) is 3.91. The molecule has 2 aliphatic rings. The van der Waals surface area contributed by atoms with Crippen molar-refractivity contribution < 1.29 is 9.59 Å². The van der Waals surface area contributed by atoms with E-state index in [1.165, 1.54) is 19.3 Å². The van der Waals surface area contributed by atoms with Gasteiger partial charge < -0.3 is 15.2 Å². The maximum atomic E-state index is 12.9. The molecule has 0 radical (unpaired) electrons. The Hall–Kier alpha value is -1.78. The van der Waals surface area contributed by atoms with E-state index >= 15 is 0 Å². The molecule has 1 aliphatic carbocycles. The number of aryl methyl sites for hydroxylation is 1. The van der Waals surface area contributed by atoms with Gasteiger partial charge in [-0.15, -0.1) is 0 Å². The van der Waals surface area contributed by atoms with E-state index in [1.807, 2.05) is 25.7 Å². The highest BCUT2D eigenvalue weighted by Crippen LogP contribution is 2.23. The molecule has 0 aromatic carbocycles. The summed E-state index contributed by atoms with van der Waals surface area (Å²) in [5, 5.41) is 3.23. The highest BCUT2D eigenvalue weighted by molar-refractivity contribution is 5.95. The van der Waals surface area contributed by atoms with Crippen LogP contribution in [0.1, 0.15) is 72.3 Å². The molecule has 5 heteroatoms. The van der Waals surface area contributed by atoms with Crippen molar-refractivity contribution in [2.45, 2.75) is 71.8 Å². The van der Waals surface area contributed by atoms with Crippen LogP contribution in [-0.4, -0.2) is 40.8 Å². The van der Waals surface area contributed by atoms with Crippen LogP contribution >= 0.6 is 0 Å². The molecule has 2 amide bonds. The van der Waals surface area contributed by atoms with Gasteiger partial charge in [0.1, 0.15) is 5.69 Å². The van der Waals surface area contributed by atoms with E-state index in [2.05, 4.69) is 10.3 Å². The molecule has 1 atom stereocenters. The zero-order valence-corrected chi connectivity index (χ0v) is 15.8. The Kier molecular flexibility index (Phi) is 5.50. The van der Waals surface area contributed by atoms with Gasteiger partial charge in [-0.1, -0.05) is 19.3 Å². The molecule has 0 bridgehead atoms. The minimum atomic E-state index is -0.0721. The van der Waals surface area contributed by atoms with Crippen molar-refractivity contribution >= 4 is 11.8 Å². The van der Waals surface area contributed by atoms with Gasteiger partial charge in [0.05, 0.1) is 5.92 Å². The van der Waals surface area contributed by atoms with E-state index in [1.54, 1.807) is 0 Å². The molecule has 0 unspecified atom stereocenters. The Balaban J connectivity index is 1.63. The summed E-state index contributed by atoms with van der Waals surface area (Å²) >= 11 is 0. The Labute approximate surface area is 150 Å². The number of piperidine rings is 1. The summed E-state index contributed by atoms with van der Waals surface area (Å²) in [6.45, 7) is 7.30. The summed E-state index contributed by atoms with van der Waals surface area (Å²) in [7, 11) is 0. The van der Waals surface area contributed by atoms with Gasteiger partial charge in [0.25, 0.3) is 5.91 Å². The first kappa shape index (κ1) is 18.0. The lowest BCUT2D eigenvalue weighted by molar-refractivity contribution is -0.127. The molecule has 1 saturated carbocycles. The Bertz CT molecular complexity index is 644. The fourth-order valence-electron chi connectivity index (χ4n) is 4.16. The minimum Gasteiger partial charge on any atom is -0.354 e. The van der Waals surface area contributed by atoms with Gasteiger partial charge in [0, 0.05) is 24.8 Å². The van der Waals surface area contributed by atoms with Crippen molar-refractivity contribution in [3.8, 4) is 0 Å². The molecule has 1 aromatic heterocycles. The van der Waals surface area contributed by atoms with Crippen LogP contribution in [0.2, 0.25) is 0 Å². The second-order valence-electron chi connectivity index (χ2n) is 7.81. The molecular formula is C20H31N3O2. The van der Waals surface area contributed by atoms with Gasteiger partial charge >= 0.3 is 0 Å². The van der Waals surface area contributed by atoms with Crippen molar-refractivity contribution in [2.24, 2.45) is 5.92 Å². The lowest BCUT2D eigenvalue weighted by Crippen LogP contribution is -2.48. The number of nitrogens with one attached hydrogen (secondary N) is 2. The molecule has 3 rings (SSSR count). The third-order valence-electron chi connectivity index (χ3n) is 6.06. The first-order chi connectivity index (χ1) is 12.0. The molecular weight excluding hydrogens is 314 g/mol. The topological polar surface area (TPSA) is 65.2 Å². The first-order valence-corrected chi connectivity index (χ1v) is 9.72. The van der Waals surface area contributed by atoms with Gasteiger partial charge in [-0.3, -0.25) is 9.59 Å². The maximum Gasteiger partial charge on any atom is 0.270 e. The summed E-state index contributed by atoms with van der Waals surface area (Å²) in [5.41, 5.74) is 3.90. The first-order valence-electron chi connectivity index (χ1n) is 9.72. The molecule has 1 aromatic rings. The highest BCUT2D eigenvalue weighted by Gasteiger charge is 2.31. The number of carbonyl (C=O) groups excluding carboxylic acids is 2. The number of hydrogen-bond donors (Lipinski definition) is 2. The van der Waals surface area contributed by atoms with Crippen LogP contribution in [0, 0.1) is 26.7 Å². The lowest BCUT2D eigenvalue weighted by Gasteiger charge is -2.33. The quantitative estimate of drug-likeness (QED) is 0.883. The van der Waals surface area contributed by atoms with Crippen LogP contribution in [-0.2, 0) is 4.79 Å². The molecule has 2 heterocycles. The number of aromatic nitrogens is 1. The fraction of sp³-hybridized carbons (Fsp3) is 0.700. The second-order valence-corrected chi connectivity index (χ2v) is 7.81. The number of likely N-dealkylation sites (tertiary alicyclic amines) is 1. The lowest BCUT2D eigenvalue weighted by atomic mass is 9.93. The van der Waals surface area contributed by atoms with Crippen LogP contribution in [0.25, 0.3) is 0 Å². The maximum absolute atomic E-state index is 12.9. The number of nitrogens with zero attached hydrogens (tertiary/aromatic N) is 1. The second kappa shape index (κ2) is 7.63. The molecule has 25 heavy (non-hydrogen) atoms. The summed E-state index contributed by atoms with van der Waals surface area (Å²) in [4.78, 5) is 30.6. The molecule has 0 spiro atoms. The normalized spacial score (nSPS) is 22.0. The largest absolute Gasteiger partial charge is 0.354 e. The van der Waals surface area contributed by atoms with Crippen molar-refractivity contribution in [1.29, 1.82) is 0 Å². The van der Waals surface area contributed by atoms with E-state index in [9.17, 15) is 9.59 Å². The summed E-state index contributed by atoms with van der Waals surface area (Å²) in [6.07, 6.45) is 7.68. The van der Waals surface area contributed by atoms with E-state index in [0.717, 1.165) is 49.0 Å². The fourth-order valence-corrected chi connectivity index (χ4v) is 4.16. The number of rotatable bonds is 3. The SMILES string of the molecule is Cc1[nH]c(C(=O)N2CCC[C@@H](C(=O)NC3CCCCC3)C2)c(C)c1C. The number of hydrogen-bond acceptors (Lipinski definition) is 2. The zero-order valence-electron chi connectivity index (χ0n) is 15.8.